The molecule has 0 aliphatic rings. The Morgan fingerprint density at radius 3 is 2.50 bits per heavy atom. The van der Waals surface area contributed by atoms with Gasteiger partial charge in [-0.2, -0.15) is 4.98 Å². The summed E-state index contributed by atoms with van der Waals surface area (Å²) in [5, 5.41) is 5.58. The summed E-state index contributed by atoms with van der Waals surface area (Å²) in [6.45, 7) is 0.117. The molecule has 0 fully saturated rings. The number of nitrogens with one attached hydrogen (secondary N) is 2. The molecule has 2 N–H and O–H groups in total. The van der Waals surface area contributed by atoms with Gasteiger partial charge in [0.2, 0.25) is 5.91 Å². The van der Waals surface area contributed by atoms with Crippen molar-refractivity contribution in [2.45, 2.75) is 13.2 Å². The Hall–Kier alpha value is -5.20. The normalized spacial score (nSPS) is 10.8. The van der Waals surface area contributed by atoms with E-state index in [4.69, 9.17) is 32.7 Å². The predicted molar refractivity (Wildman–Crippen MR) is 174 cm³/mol. The summed E-state index contributed by atoms with van der Waals surface area (Å²) in [7, 11) is 4.57. The van der Waals surface area contributed by atoms with E-state index in [1.165, 1.54) is 37.3 Å². The number of benzene rings is 2. The highest BCUT2D eigenvalue weighted by atomic mass is 35.5. The van der Waals surface area contributed by atoms with Crippen molar-refractivity contribution in [1.82, 2.24) is 30.2 Å². The highest BCUT2D eigenvalue weighted by Crippen LogP contribution is 2.36. The van der Waals surface area contributed by atoms with Gasteiger partial charge in [-0.1, -0.05) is 35.3 Å². The van der Waals surface area contributed by atoms with E-state index in [1.54, 1.807) is 31.5 Å². The molecule has 3 heterocycles. The summed E-state index contributed by atoms with van der Waals surface area (Å²) in [5.41, 5.74) is 3.41. The largest absolute Gasteiger partial charge is 0.486 e. The number of carbonyl (C=O) groups is 3. The quantitative estimate of drug-likeness (QED) is 0.211. The van der Waals surface area contributed by atoms with Crippen molar-refractivity contribution in [3.05, 3.63) is 106 Å². The number of hydrogen-bond donors (Lipinski definition) is 2. The van der Waals surface area contributed by atoms with Crippen molar-refractivity contribution >= 4 is 57.6 Å². The van der Waals surface area contributed by atoms with Crippen LogP contribution in [0.15, 0.2) is 73.1 Å². The van der Waals surface area contributed by atoms with E-state index in [2.05, 4.69) is 25.6 Å². The molecule has 12 nitrogen and oxygen atoms in total. The van der Waals surface area contributed by atoms with Gasteiger partial charge in [-0.3, -0.25) is 28.9 Å². The Balaban J connectivity index is 1.29. The zero-order chi connectivity index (χ0) is 32.8. The predicted octanol–water partition coefficient (Wildman–Crippen LogP) is 4.52. The SMILES string of the molecule is CNC(=O)c1ccc(C(=O)NCC(=O)N(C)c2ccc(Cl)c(COc3cccc4c3nc(OC)n4Cc3ccccn3)c2Cl)cn1. The summed E-state index contributed by atoms with van der Waals surface area (Å²) >= 11 is 13.3. The number of imidazole rings is 1. The summed E-state index contributed by atoms with van der Waals surface area (Å²) in [5.74, 6) is -0.854. The van der Waals surface area contributed by atoms with Gasteiger partial charge in [0, 0.05) is 37.1 Å². The molecular weight excluding hydrogens is 633 g/mol. The molecule has 3 aromatic heterocycles. The Morgan fingerprint density at radius 1 is 0.978 bits per heavy atom. The third kappa shape index (κ3) is 6.87. The molecule has 0 saturated heterocycles. The highest BCUT2D eigenvalue weighted by Gasteiger charge is 2.21. The van der Waals surface area contributed by atoms with Crippen LogP contribution in [0.2, 0.25) is 10.0 Å². The first kappa shape index (κ1) is 32.2. The Kier molecular flexibility index (Phi) is 9.99. The number of methoxy groups -OCH3 is 1. The first-order valence-electron chi connectivity index (χ1n) is 14.0. The van der Waals surface area contributed by atoms with E-state index in [9.17, 15) is 14.4 Å². The van der Waals surface area contributed by atoms with Crippen LogP contribution in [0.1, 0.15) is 32.1 Å². The summed E-state index contributed by atoms with van der Waals surface area (Å²) in [6, 6.07) is 17.7. The molecule has 5 aromatic rings. The van der Waals surface area contributed by atoms with Crippen LogP contribution in [0.3, 0.4) is 0 Å². The maximum atomic E-state index is 13.0. The second-order valence-corrected chi connectivity index (χ2v) is 10.7. The maximum absolute atomic E-state index is 13.0. The van der Waals surface area contributed by atoms with Crippen LogP contribution in [0.4, 0.5) is 5.69 Å². The number of likely N-dealkylation sites (N-methyl/N-ethyl adjacent to an activating group) is 1. The highest BCUT2D eigenvalue weighted by molar-refractivity contribution is 6.38. The van der Waals surface area contributed by atoms with Gasteiger partial charge < -0.3 is 25.0 Å². The summed E-state index contributed by atoms with van der Waals surface area (Å²) in [4.78, 5) is 51.6. The third-order valence-electron chi connectivity index (χ3n) is 7.09. The molecule has 0 saturated carbocycles. The standard InChI is InChI=1S/C32H29Cl2N7O5/c1-35-31(44)23-12-10-19(15-37-23)30(43)38-16-27(42)40(2)24-13-11-22(33)21(28(24)34)18-46-26-9-6-8-25-29(26)39-32(45-3)41(25)17-20-7-4-5-14-36-20/h4-15H,16-18H2,1-3H3,(H,35,44)(H,38,43). The van der Waals surface area contributed by atoms with E-state index in [-0.39, 0.29) is 35.3 Å². The molecule has 0 aliphatic heterocycles. The molecule has 236 valence electrons. The molecule has 2 aromatic carbocycles. The Labute approximate surface area is 274 Å². The van der Waals surface area contributed by atoms with E-state index in [1.807, 2.05) is 34.9 Å². The molecule has 0 unspecified atom stereocenters. The lowest BCUT2D eigenvalue weighted by molar-refractivity contribution is -0.117. The Morgan fingerprint density at radius 2 is 1.80 bits per heavy atom. The van der Waals surface area contributed by atoms with Crippen LogP contribution >= 0.6 is 23.2 Å². The van der Waals surface area contributed by atoms with Crippen LogP contribution in [0.25, 0.3) is 11.0 Å². The number of carbonyl (C=O) groups excluding carboxylic acids is 3. The monoisotopic (exact) mass is 661 g/mol. The molecule has 0 bridgehead atoms. The fourth-order valence-electron chi connectivity index (χ4n) is 4.61. The van der Waals surface area contributed by atoms with E-state index >= 15 is 0 Å². The number of hydrogen-bond acceptors (Lipinski definition) is 8. The topological polar surface area (TPSA) is 141 Å². The average molecular weight is 663 g/mol. The van der Waals surface area contributed by atoms with Crippen LogP contribution in [0.5, 0.6) is 11.8 Å². The molecule has 14 heteroatoms. The number of fused-ring (bicyclic) bond motifs is 1. The number of pyridine rings is 2. The number of ether oxygens (including phenoxy) is 2. The molecule has 5 rings (SSSR count). The maximum Gasteiger partial charge on any atom is 0.297 e. The van der Waals surface area contributed by atoms with Crippen LogP contribution < -0.4 is 25.0 Å². The number of aromatic nitrogens is 4. The first-order valence-corrected chi connectivity index (χ1v) is 14.7. The van der Waals surface area contributed by atoms with Crippen LogP contribution in [0, 0.1) is 0 Å². The van der Waals surface area contributed by atoms with Crippen molar-refractivity contribution in [3.8, 4) is 11.8 Å². The van der Waals surface area contributed by atoms with E-state index in [0.717, 1.165) is 11.2 Å². The van der Waals surface area contributed by atoms with Gasteiger partial charge in [0.1, 0.15) is 23.6 Å². The Bertz CT molecular complexity index is 1900. The number of amides is 3. The van der Waals surface area contributed by atoms with Crippen molar-refractivity contribution in [2.75, 3.05) is 32.6 Å². The second kappa shape index (κ2) is 14.3. The third-order valence-corrected chi connectivity index (χ3v) is 7.87. The van der Waals surface area contributed by atoms with Crippen LogP contribution in [-0.4, -0.2) is 65.0 Å². The van der Waals surface area contributed by atoms with Gasteiger partial charge in [-0.15, -0.1) is 0 Å². The van der Waals surface area contributed by atoms with Gasteiger partial charge in [0.25, 0.3) is 17.8 Å². The number of nitrogens with zero attached hydrogens (tertiary/aromatic N) is 5. The molecule has 0 spiro atoms. The lowest BCUT2D eigenvalue weighted by Gasteiger charge is -2.21. The summed E-state index contributed by atoms with van der Waals surface area (Å²) < 4.78 is 13.6. The smallest absolute Gasteiger partial charge is 0.297 e. The van der Waals surface area contributed by atoms with Crippen molar-refractivity contribution in [3.63, 3.8) is 0 Å². The molecule has 0 radical (unpaired) electrons. The van der Waals surface area contributed by atoms with Gasteiger partial charge in [0.15, 0.2) is 0 Å². The number of para-hydroxylation sites is 1. The fraction of sp³-hybridized carbons (Fsp3) is 0.188. The lowest BCUT2D eigenvalue weighted by Crippen LogP contribution is -2.38. The van der Waals surface area contributed by atoms with Gasteiger partial charge in [-0.05, 0) is 48.5 Å². The molecule has 0 atom stereocenters. The zero-order valence-electron chi connectivity index (χ0n) is 25.1. The van der Waals surface area contributed by atoms with Crippen molar-refractivity contribution < 1.29 is 23.9 Å². The van der Waals surface area contributed by atoms with Crippen molar-refractivity contribution in [2.24, 2.45) is 0 Å². The van der Waals surface area contributed by atoms with Gasteiger partial charge in [0.05, 0.1) is 47.7 Å². The van der Waals surface area contributed by atoms with Crippen molar-refractivity contribution in [1.29, 1.82) is 0 Å². The molecule has 3 amide bonds. The summed E-state index contributed by atoms with van der Waals surface area (Å²) in [6.07, 6.45) is 2.99. The lowest BCUT2D eigenvalue weighted by atomic mass is 10.2. The number of rotatable bonds is 11. The minimum absolute atomic E-state index is 0.0160. The van der Waals surface area contributed by atoms with E-state index < -0.39 is 11.8 Å². The molecule has 46 heavy (non-hydrogen) atoms. The van der Waals surface area contributed by atoms with Gasteiger partial charge in [-0.25, -0.2) is 0 Å². The fourth-order valence-corrected chi connectivity index (χ4v) is 5.21. The molecule has 0 aliphatic carbocycles. The second-order valence-electron chi connectivity index (χ2n) is 9.92. The number of anilines is 1. The average Bonchev–Trinajstić information content (AvgIpc) is 3.44. The van der Waals surface area contributed by atoms with Gasteiger partial charge >= 0.3 is 0 Å². The van der Waals surface area contributed by atoms with Crippen LogP contribution in [-0.2, 0) is 17.9 Å². The first-order chi connectivity index (χ1) is 22.2. The zero-order valence-corrected chi connectivity index (χ0v) is 26.6. The minimum Gasteiger partial charge on any atom is -0.486 e. The van der Waals surface area contributed by atoms with E-state index in [0.29, 0.717) is 40.1 Å². The molecular formula is C32H29Cl2N7O5. The minimum atomic E-state index is -0.526. The number of halogens is 2.